The topological polar surface area (TPSA) is 173 Å². The molecule has 4 N–H and O–H groups in total. The first-order valence-corrected chi connectivity index (χ1v) is 7.70. The zero-order chi connectivity index (χ0) is 15.9. The van der Waals surface area contributed by atoms with Gasteiger partial charge in [-0.1, -0.05) is 5.21 Å². The minimum absolute atomic E-state index is 0.0520. The Balaban J connectivity index is 1.80. The van der Waals surface area contributed by atoms with E-state index in [4.69, 9.17) is 14.5 Å². The zero-order valence-corrected chi connectivity index (χ0v) is 11.8. The van der Waals surface area contributed by atoms with E-state index in [0.29, 0.717) is 5.52 Å². The highest BCUT2D eigenvalue weighted by molar-refractivity contribution is 7.46. The molecule has 0 saturated carbocycles. The second-order valence-electron chi connectivity index (χ2n) is 4.72. The number of ether oxygens (including phenoxy) is 1. The van der Waals surface area contributed by atoms with Crippen LogP contribution in [0.25, 0.3) is 11.2 Å². The monoisotopic (exact) mass is 333 g/mol. The van der Waals surface area contributed by atoms with Crippen LogP contribution in [0.3, 0.4) is 0 Å². The molecule has 0 amide bonds. The molecule has 1 saturated heterocycles. The van der Waals surface area contributed by atoms with Crippen LogP contribution in [-0.4, -0.2) is 58.7 Å². The van der Waals surface area contributed by atoms with Crippen molar-refractivity contribution in [2.75, 3.05) is 6.61 Å². The van der Waals surface area contributed by atoms with E-state index >= 15 is 0 Å². The predicted octanol–water partition coefficient (Wildman–Crippen LogP) is -1.73. The van der Waals surface area contributed by atoms with Crippen molar-refractivity contribution < 1.29 is 28.7 Å². The number of hydrogen-bond donors (Lipinski definition) is 4. The summed E-state index contributed by atoms with van der Waals surface area (Å²) in [5, 5.41) is 19.6. The maximum Gasteiger partial charge on any atom is 0.469 e. The quantitative estimate of drug-likeness (QED) is 0.471. The van der Waals surface area contributed by atoms with E-state index in [0.717, 1.165) is 4.57 Å². The van der Waals surface area contributed by atoms with Crippen LogP contribution >= 0.6 is 7.82 Å². The van der Waals surface area contributed by atoms with Gasteiger partial charge in [0.1, 0.15) is 11.6 Å². The molecule has 2 aromatic heterocycles. The number of hydrogen-bond acceptors (Lipinski definition) is 8. The van der Waals surface area contributed by atoms with Gasteiger partial charge in [0, 0.05) is 12.6 Å². The summed E-state index contributed by atoms with van der Waals surface area (Å²) in [5.41, 5.74) is -0.178. The summed E-state index contributed by atoms with van der Waals surface area (Å²) in [6.07, 6.45) is -1.47. The SMILES string of the molecule is O=c1nc2nn[nH]c2cn1[C@H]1O[C@H](COP(=O)(O)O)C[C@H]1O. The molecule has 1 aliphatic heterocycles. The molecule has 3 heterocycles. The summed E-state index contributed by atoms with van der Waals surface area (Å²) in [6, 6.07) is 0. The van der Waals surface area contributed by atoms with E-state index in [2.05, 4.69) is 24.9 Å². The number of fused-ring (bicyclic) bond motifs is 1. The molecular weight excluding hydrogens is 321 g/mol. The fraction of sp³-hybridized carbons (Fsp3) is 0.556. The third-order valence-electron chi connectivity index (χ3n) is 3.11. The number of aliphatic hydroxyl groups excluding tert-OH is 1. The van der Waals surface area contributed by atoms with E-state index < -0.39 is 38.6 Å². The summed E-state index contributed by atoms with van der Waals surface area (Å²) >= 11 is 0. The van der Waals surface area contributed by atoms with Crippen molar-refractivity contribution in [2.24, 2.45) is 0 Å². The minimum atomic E-state index is -4.63. The highest BCUT2D eigenvalue weighted by Gasteiger charge is 2.37. The fourth-order valence-electron chi connectivity index (χ4n) is 2.19. The largest absolute Gasteiger partial charge is 0.469 e. The Morgan fingerprint density at radius 3 is 3.05 bits per heavy atom. The summed E-state index contributed by atoms with van der Waals surface area (Å²) in [7, 11) is -4.63. The molecule has 0 radical (unpaired) electrons. The number of phosphoric ester groups is 1. The number of aromatic nitrogens is 5. The highest BCUT2D eigenvalue weighted by atomic mass is 31.2. The lowest BCUT2D eigenvalue weighted by molar-refractivity contribution is -0.0522. The molecule has 3 atom stereocenters. The molecular formula is C9H12N5O7P. The van der Waals surface area contributed by atoms with Crippen LogP contribution in [0, 0.1) is 0 Å². The molecule has 12 nitrogen and oxygen atoms in total. The first kappa shape index (κ1) is 15.2. The average molecular weight is 333 g/mol. The summed E-state index contributed by atoms with van der Waals surface area (Å²) in [6.45, 7) is -0.409. The summed E-state index contributed by atoms with van der Waals surface area (Å²) in [5.74, 6) is 0. The Labute approximate surface area is 121 Å². The molecule has 13 heteroatoms. The van der Waals surface area contributed by atoms with E-state index in [9.17, 15) is 14.5 Å². The smallest absolute Gasteiger partial charge is 0.388 e. The minimum Gasteiger partial charge on any atom is -0.388 e. The molecule has 0 bridgehead atoms. The van der Waals surface area contributed by atoms with Crippen LogP contribution in [-0.2, 0) is 13.8 Å². The normalized spacial score (nSPS) is 25.9. The van der Waals surface area contributed by atoms with E-state index in [1.165, 1.54) is 6.20 Å². The van der Waals surface area contributed by atoms with Crippen molar-refractivity contribution >= 4 is 19.0 Å². The van der Waals surface area contributed by atoms with Crippen molar-refractivity contribution in [3.8, 4) is 0 Å². The molecule has 1 aliphatic rings. The molecule has 1 fully saturated rings. The van der Waals surface area contributed by atoms with Crippen molar-refractivity contribution in [1.82, 2.24) is 25.0 Å². The van der Waals surface area contributed by atoms with Gasteiger partial charge in [-0.2, -0.15) is 4.98 Å². The highest BCUT2D eigenvalue weighted by Crippen LogP contribution is 2.38. The number of nitrogens with one attached hydrogen (secondary N) is 1. The third-order valence-corrected chi connectivity index (χ3v) is 3.60. The number of aliphatic hydroxyl groups is 1. The molecule has 3 rings (SSSR count). The molecule has 22 heavy (non-hydrogen) atoms. The first-order chi connectivity index (χ1) is 10.3. The van der Waals surface area contributed by atoms with E-state index in [1.807, 2.05) is 0 Å². The van der Waals surface area contributed by atoms with Gasteiger partial charge in [-0.3, -0.25) is 14.2 Å². The van der Waals surface area contributed by atoms with Crippen LogP contribution in [0.4, 0.5) is 0 Å². The predicted molar refractivity (Wildman–Crippen MR) is 68.5 cm³/mol. The zero-order valence-electron chi connectivity index (χ0n) is 10.9. The van der Waals surface area contributed by atoms with Crippen LogP contribution in [0.1, 0.15) is 12.6 Å². The number of nitrogens with zero attached hydrogens (tertiary/aromatic N) is 4. The van der Waals surface area contributed by atoms with Crippen molar-refractivity contribution in [3.05, 3.63) is 16.7 Å². The van der Waals surface area contributed by atoms with Gasteiger partial charge in [0.05, 0.1) is 12.7 Å². The van der Waals surface area contributed by atoms with Crippen LogP contribution < -0.4 is 5.69 Å². The molecule has 0 unspecified atom stereocenters. The van der Waals surface area contributed by atoms with Gasteiger partial charge >= 0.3 is 13.5 Å². The number of phosphoric acid groups is 1. The second-order valence-corrected chi connectivity index (χ2v) is 5.96. The van der Waals surface area contributed by atoms with Crippen molar-refractivity contribution in [1.29, 1.82) is 0 Å². The molecule has 2 aromatic rings. The first-order valence-electron chi connectivity index (χ1n) is 6.17. The Kier molecular flexibility index (Phi) is 3.80. The molecule has 0 aliphatic carbocycles. The van der Waals surface area contributed by atoms with Gasteiger partial charge in [-0.25, -0.2) is 9.36 Å². The van der Waals surface area contributed by atoms with Gasteiger partial charge in [-0.05, 0) is 0 Å². The Hall–Kier alpha value is -1.69. The van der Waals surface area contributed by atoms with Gasteiger partial charge in [0.25, 0.3) is 0 Å². The molecule has 0 aromatic carbocycles. The van der Waals surface area contributed by atoms with Crippen molar-refractivity contribution in [2.45, 2.75) is 24.9 Å². The standard InChI is InChI=1S/C9H12N5O7P/c15-6-1-4(3-20-22(17,18)19)21-8(6)14-2-5-7(10-9(14)16)12-13-11-5/h2,4,6,8,15H,1,3H2,(H2,17,18,19)(H,10,11,12,16)/t4-,6+,8-/m0/s1. The van der Waals surface area contributed by atoms with Gasteiger partial charge in [0.15, 0.2) is 6.23 Å². The van der Waals surface area contributed by atoms with Crippen LogP contribution in [0.15, 0.2) is 11.0 Å². The number of aromatic amines is 1. The lowest BCUT2D eigenvalue weighted by Gasteiger charge is -2.17. The van der Waals surface area contributed by atoms with Gasteiger partial charge in [-0.15, -0.1) is 5.10 Å². The lowest BCUT2D eigenvalue weighted by Crippen LogP contribution is -2.31. The summed E-state index contributed by atoms with van der Waals surface area (Å²) in [4.78, 5) is 32.9. The average Bonchev–Trinajstić information content (AvgIpc) is 3.00. The Bertz CT molecular complexity index is 784. The van der Waals surface area contributed by atoms with Crippen LogP contribution in [0.2, 0.25) is 0 Å². The van der Waals surface area contributed by atoms with Crippen LogP contribution in [0.5, 0.6) is 0 Å². The number of H-pyrrole nitrogens is 1. The maximum atomic E-state index is 11.9. The van der Waals surface area contributed by atoms with E-state index in [-0.39, 0.29) is 12.1 Å². The lowest BCUT2D eigenvalue weighted by atomic mass is 10.2. The third kappa shape index (κ3) is 3.06. The van der Waals surface area contributed by atoms with Gasteiger partial charge in [0.2, 0.25) is 5.65 Å². The van der Waals surface area contributed by atoms with Crippen molar-refractivity contribution in [3.63, 3.8) is 0 Å². The molecule has 120 valence electrons. The fourth-order valence-corrected chi connectivity index (χ4v) is 2.55. The van der Waals surface area contributed by atoms with E-state index in [1.54, 1.807) is 0 Å². The summed E-state index contributed by atoms with van der Waals surface area (Å²) < 4.78 is 21.5. The number of rotatable bonds is 4. The second kappa shape index (κ2) is 5.50. The Morgan fingerprint density at radius 2 is 2.32 bits per heavy atom. The Morgan fingerprint density at radius 1 is 1.55 bits per heavy atom. The maximum absolute atomic E-state index is 11.9. The molecule has 0 spiro atoms. The van der Waals surface area contributed by atoms with Gasteiger partial charge < -0.3 is 19.6 Å².